The molecule has 3 aromatic rings. The van der Waals surface area contributed by atoms with Gasteiger partial charge in [0.25, 0.3) is 5.91 Å². The minimum absolute atomic E-state index is 0.0105. The molecule has 14 nitrogen and oxygen atoms in total. The molecule has 5 heterocycles. The van der Waals surface area contributed by atoms with E-state index in [1.165, 1.54) is 20.2 Å². The van der Waals surface area contributed by atoms with E-state index in [2.05, 4.69) is 19.6 Å². The third-order valence-corrected chi connectivity index (χ3v) is 8.30. The molecule has 0 aliphatic carbocycles. The van der Waals surface area contributed by atoms with Crippen molar-refractivity contribution < 1.29 is 32.5 Å². The van der Waals surface area contributed by atoms with Gasteiger partial charge in [-0.1, -0.05) is 13.8 Å². The maximum atomic E-state index is 13.2. The summed E-state index contributed by atoms with van der Waals surface area (Å²) < 4.78 is 41.3. The zero-order valence-corrected chi connectivity index (χ0v) is 24.4. The molecule has 0 spiro atoms. The molecule has 0 aromatic carbocycles. The van der Waals surface area contributed by atoms with Gasteiger partial charge in [-0.2, -0.15) is 17.8 Å². The van der Waals surface area contributed by atoms with Crippen molar-refractivity contribution in [2.24, 2.45) is 5.92 Å². The van der Waals surface area contributed by atoms with Crippen LogP contribution in [0.3, 0.4) is 0 Å². The van der Waals surface area contributed by atoms with Crippen molar-refractivity contribution >= 4 is 33.0 Å². The summed E-state index contributed by atoms with van der Waals surface area (Å²) >= 11 is 0. The first-order valence-electron chi connectivity index (χ1n) is 13.5. The molecule has 2 saturated heterocycles. The summed E-state index contributed by atoms with van der Waals surface area (Å²) in [6.07, 6.45) is 2.45. The number of carbonyl (C=O) groups is 1. The van der Waals surface area contributed by atoms with Crippen LogP contribution in [0.4, 0.5) is 5.82 Å². The van der Waals surface area contributed by atoms with Crippen LogP contribution in [0.2, 0.25) is 0 Å². The molecule has 0 saturated carbocycles. The number of fused-ring (bicyclic) bond motifs is 1. The summed E-state index contributed by atoms with van der Waals surface area (Å²) in [5.41, 5.74) is 1.65. The molecule has 2 aliphatic rings. The van der Waals surface area contributed by atoms with Gasteiger partial charge < -0.3 is 14.4 Å². The number of carbonyl (C=O) groups excluding carboxylic acids is 1. The lowest BCUT2D eigenvalue weighted by Gasteiger charge is -2.27. The predicted octanol–water partition coefficient (Wildman–Crippen LogP) is 1.66. The van der Waals surface area contributed by atoms with E-state index in [0.29, 0.717) is 68.6 Å². The van der Waals surface area contributed by atoms with Crippen LogP contribution in [0.15, 0.2) is 24.4 Å². The SMILES string of the molecule is CC(C)c1nn(-c2ccnc(N3CCOCC3)c2)c2nc(C(=O)NS(=O)(=O)N(C)C)cc(OCC3CCOOC3)c12. The maximum absolute atomic E-state index is 13.2. The van der Waals surface area contributed by atoms with Crippen LogP contribution >= 0.6 is 0 Å². The number of pyridine rings is 2. The summed E-state index contributed by atoms with van der Waals surface area (Å²) in [4.78, 5) is 34.6. The molecule has 1 atom stereocenters. The van der Waals surface area contributed by atoms with Gasteiger partial charge in [-0.15, -0.1) is 0 Å². The van der Waals surface area contributed by atoms with Gasteiger partial charge in [0.05, 0.1) is 49.8 Å². The second kappa shape index (κ2) is 12.2. The highest BCUT2D eigenvalue weighted by atomic mass is 32.2. The van der Waals surface area contributed by atoms with Crippen LogP contribution in [-0.4, -0.2) is 98.6 Å². The summed E-state index contributed by atoms with van der Waals surface area (Å²) in [6.45, 7) is 7.81. The highest BCUT2D eigenvalue weighted by molar-refractivity contribution is 7.87. The fourth-order valence-electron chi connectivity index (χ4n) is 4.53. The molecule has 1 unspecified atom stereocenters. The number of rotatable bonds is 9. The minimum atomic E-state index is -4.05. The number of ether oxygens (including phenoxy) is 2. The average Bonchev–Trinajstić information content (AvgIpc) is 3.37. The number of nitrogens with one attached hydrogen (secondary N) is 1. The Hall–Kier alpha value is -3.37. The Kier molecular flexibility index (Phi) is 8.70. The Bertz CT molecular complexity index is 1500. The summed E-state index contributed by atoms with van der Waals surface area (Å²) in [5, 5.41) is 5.55. The van der Waals surface area contributed by atoms with E-state index >= 15 is 0 Å². The van der Waals surface area contributed by atoms with E-state index < -0.39 is 16.1 Å². The molecule has 0 radical (unpaired) electrons. The van der Waals surface area contributed by atoms with Crippen molar-refractivity contribution in [2.45, 2.75) is 26.2 Å². The third-order valence-electron chi connectivity index (χ3n) is 6.89. The van der Waals surface area contributed by atoms with Crippen LogP contribution in [0.1, 0.15) is 42.4 Å². The minimum Gasteiger partial charge on any atom is -0.492 e. The second-order valence-electron chi connectivity index (χ2n) is 10.4. The highest BCUT2D eigenvalue weighted by Gasteiger charge is 2.27. The maximum Gasteiger partial charge on any atom is 0.303 e. The number of morpholine rings is 1. The van der Waals surface area contributed by atoms with E-state index in [1.54, 1.807) is 10.9 Å². The van der Waals surface area contributed by atoms with Gasteiger partial charge in [0, 0.05) is 51.4 Å². The summed E-state index contributed by atoms with van der Waals surface area (Å²) in [7, 11) is -1.39. The standard InChI is InChI=1S/C26H35N7O7S/c1-17(2)24-23-21(38-15-18-6-10-39-40-16-18)14-20(26(34)30-41(35,36)31(3)4)28-25(23)33(29-24)19-5-7-27-22(13-19)32-8-11-37-12-9-32/h5,7,13-14,17-18H,6,8-12,15-16H2,1-4H3,(H,30,34). The molecule has 41 heavy (non-hydrogen) atoms. The lowest BCUT2D eigenvalue weighted by Crippen LogP contribution is -2.39. The number of nitrogens with zero attached hydrogens (tertiary/aromatic N) is 6. The Morgan fingerprint density at radius 3 is 2.66 bits per heavy atom. The number of anilines is 1. The monoisotopic (exact) mass is 589 g/mol. The first-order valence-corrected chi connectivity index (χ1v) is 14.9. The number of aromatic nitrogens is 4. The smallest absolute Gasteiger partial charge is 0.303 e. The zero-order chi connectivity index (χ0) is 29.1. The highest BCUT2D eigenvalue weighted by Crippen LogP contribution is 2.35. The van der Waals surface area contributed by atoms with Gasteiger partial charge in [-0.3, -0.25) is 4.79 Å². The van der Waals surface area contributed by atoms with E-state index in [4.69, 9.17) is 24.3 Å². The van der Waals surface area contributed by atoms with Crippen molar-refractivity contribution in [1.82, 2.24) is 28.8 Å². The van der Waals surface area contributed by atoms with Crippen molar-refractivity contribution in [3.05, 3.63) is 35.8 Å². The fraction of sp³-hybridized carbons (Fsp3) is 0.538. The van der Waals surface area contributed by atoms with E-state index in [9.17, 15) is 13.2 Å². The van der Waals surface area contributed by atoms with Crippen LogP contribution in [0.25, 0.3) is 16.7 Å². The van der Waals surface area contributed by atoms with Crippen LogP contribution in [0, 0.1) is 5.92 Å². The molecule has 15 heteroatoms. The molecule has 1 amide bonds. The van der Waals surface area contributed by atoms with E-state index in [-0.39, 0.29) is 17.5 Å². The van der Waals surface area contributed by atoms with Crippen molar-refractivity contribution in [3.63, 3.8) is 0 Å². The molecule has 222 valence electrons. The molecule has 5 rings (SSSR count). The van der Waals surface area contributed by atoms with Crippen LogP contribution in [-0.2, 0) is 24.7 Å². The van der Waals surface area contributed by atoms with Crippen molar-refractivity contribution in [1.29, 1.82) is 0 Å². The van der Waals surface area contributed by atoms with Crippen molar-refractivity contribution in [3.8, 4) is 11.4 Å². The van der Waals surface area contributed by atoms with Crippen LogP contribution < -0.4 is 14.4 Å². The first-order chi connectivity index (χ1) is 19.6. The number of amides is 1. The molecule has 0 bridgehead atoms. The summed E-state index contributed by atoms with van der Waals surface area (Å²) in [5.74, 6) is 0.326. The Balaban J connectivity index is 1.62. The van der Waals surface area contributed by atoms with E-state index in [1.807, 2.05) is 26.0 Å². The quantitative estimate of drug-likeness (QED) is 0.363. The normalized spacial score (nSPS) is 18.3. The predicted molar refractivity (Wildman–Crippen MR) is 149 cm³/mol. The third kappa shape index (κ3) is 6.43. The molecule has 1 N–H and O–H groups in total. The van der Waals surface area contributed by atoms with Gasteiger partial charge in [0.2, 0.25) is 0 Å². The summed E-state index contributed by atoms with van der Waals surface area (Å²) in [6, 6.07) is 5.19. The first kappa shape index (κ1) is 29.1. The Morgan fingerprint density at radius 1 is 1.20 bits per heavy atom. The van der Waals surface area contributed by atoms with E-state index in [0.717, 1.165) is 22.2 Å². The Labute approximate surface area is 238 Å². The van der Waals surface area contributed by atoms with Gasteiger partial charge in [0.15, 0.2) is 5.65 Å². The van der Waals surface area contributed by atoms with Crippen LogP contribution in [0.5, 0.6) is 5.75 Å². The molecule has 2 aliphatic heterocycles. The lowest BCUT2D eigenvalue weighted by molar-refractivity contribution is -0.325. The largest absolute Gasteiger partial charge is 0.492 e. The fourth-order valence-corrected chi connectivity index (χ4v) is 5.05. The molecule has 3 aromatic heterocycles. The van der Waals surface area contributed by atoms with Gasteiger partial charge in [-0.25, -0.2) is 29.1 Å². The second-order valence-corrected chi connectivity index (χ2v) is 12.3. The van der Waals surface area contributed by atoms with Gasteiger partial charge >= 0.3 is 10.2 Å². The molecular formula is C26H35N7O7S. The average molecular weight is 590 g/mol. The number of hydrogen-bond acceptors (Lipinski definition) is 11. The van der Waals surface area contributed by atoms with Gasteiger partial charge in [0.1, 0.15) is 17.3 Å². The molecule has 2 fully saturated rings. The molecular weight excluding hydrogens is 554 g/mol. The number of hydrogen-bond donors (Lipinski definition) is 1. The zero-order valence-electron chi connectivity index (χ0n) is 23.6. The van der Waals surface area contributed by atoms with Crippen molar-refractivity contribution in [2.75, 3.05) is 65.1 Å². The topological polar surface area (TPSA) is 150 Å². The van der Waals surface area contributed by atoms with Gasteiger partial charge in [-0.05, 0) is 18.4 Å². The Morgan fingerprint density at radius 2 is 1.98 bits per heavy atom. The lowest BCUT2D eigenvalue weighted by atomic mass is 10.1.